The number of carbonyl (C=O) groups excluding carboxylic acids is 3. The smallest absolute Gasteiger partial charge is 0.326 e. The van der Waals surface area contributed by atoms with Crippen LogP contribution in [-0.4, -0.2) is 71.2 Å². The molecule has 0 aromatic heterocycles. The van der Waals surface area contributed by atoms with Crippen LogP contribution < -0.4 is 33.2 Å². The number of nitrogens with two attached hydrogens (primary N) is 3. The second-order valence-corrected chi connectivity index (χ2v) is 10.2. The lowest BCUT2D eigenvalue weighted by Gasteiger charge is -2.26. The molecule has 0 heterocycles. The standard InChI is InChI=1S/C27H46N6O6/c1-17(2)15-23(27(38)39)33-25(36)21(8-4-6-14-29)31-26(37)22(16-18-9-11-19(34)12-10-18)32-24(35)20(30)7-3-5-13-28/h9-12,17,20-23,34H,3-8,13-16,28-30H2,1-2H3,(H,31,37)(H,32,35)(H,33,36)(H,38,39). The van der Waals surface area contributed by atoms with Gasteiger partial charge < -0.3 is 43.4 Å². The zero-order valence-electron chi connectivity index (χ0n) is 23.0. The summed E-state index contributed by atoms with van der Waals surface area (Å²) in [5.41, 5.74) is 17.8. The van der Waals surface area contributed by atoms with E-state index in [0.717, 1.165) is 0 Å². The number of hydrogen-bond acceptors (Lipinski definition) is 8. The van der Waals surface area contributed by atoms with E-state index in [1.807, 2.05) is 13.8 Å². The molecule has 0 aliphatic rings. The Morgan fingerprint density at radius 3 is 1.82 bits per heavy atom. The van der Waals surface area contributed by atoms with E-state index in [4.69, 9.17) is 17.2 Å². The molecule has 0 spiro atoms. The van der Waals surface area contributed by atoms with E-state index in [1.54, 1.807) is 12.1 Å². The van der Waals surface area contributed by atoms with E-state index in [-0.39, 0.29) is 30.9 Å². The van der Waals surface area contributed by atoms with Crippen molar-refractivity contribution in [1.82, 2.24) is 16.0 Å². The minimum atomic E-state index is -1.16. The average Bonchev–Trinajstić information content (AvgIpc) is 2.88. The molecule has 12 nitrogen and oxygen atoms in total. The zero-order chi connectivity index (χ0) is 29.4. The summed E-state index contributed by atoms with van der Waals surface area (Å²) in [4.78, 5) is 51.0. The zero-order valence-corrected chi connectivity index (χ0v) is 23.0. The number of rotatable bonds is 19. The predicted octanol–water partition coefficient (Wildman–Crippen LogP) is 0.105. The maximum Gasteiger partial charge on any atom is 0.326 e. The Morgan fingerprint density at radius 1 is 0.769 bits per heavy atom. The van der Waals surface area contributed by atoms with Crippen molar-refractivity contribution >= 4 is 23.7 Å². The molecule has 0 aliphatic carbocycles. The number of phenols is 1. The summed E-state index contributed by atoms with van der Waals surface area (Å²) in [5.74, 6) is -2.84. The van der Waals surface area contributed by atoms with Crippen molar-refractivity contribution in [2.75, 3.05) is 13.1 Å². The second kappa shape index (κ2) is 18.1. The second-order valence-electron chi connectivity index (χ2n) is 10.2. The highest BCUT2D eigenvalue weighted by atomic mass is 16.4. The third-order valence-corrected chi connectivity index (χ3v) is 6.22. The molecule has 0 fully saturated rings. The Labute approximate surface area is 230 Å². The number of carbonyl (C=O) groups is 4. The van der Waals surface area contributed by atoms with Crippen LogP contribution in [0, 0.1) is 5.92 Å². The Kier molecular flexibility index (Phi) is 15.7. The summed E-state index contributed by atoms with van der Waals surface area (Å²) in [5, 5.41) is 27.1. The minimum Gasteiger partial charge on any atom is -0.508 e. The lowest BCUT2D eigenvalue weighted by atomic mass is 10.0. The van der Waals surface area contributed by atoms with Gasteiger partial charge in [0, 0.05) is 6.42 Å². The molecule has 4 atom stereocenters. The molecule has 1 rings (SSSR count). The first-order chi connectivity index (χ1) is 18.5. The molecule has 220 valence electrons. The van der Waals surface area contributed by atoms with Crippen molar-refractivity contribution in [3.63, 3.8) is 0 Å². The summed E-state index contributed by atoms with van der Waals surface area (Å²) in [7, 11) is 0. The quantitative estimate of drug-likeness (QED) is 0.109. The van der Waals surface area contributed by atoms with Crippen LogP contribution in [0.1, 0.15) is 64.4 Å². The lowest BCUT2D eigenvalue weighted by molar-refractivity contribution is -0.142. The van der Waals surface area contributed by atoms with Crippen molar-refractivity contribution < 1.29 is 29.4 Å². The summed E-state index contributed by atoms with van der Waals surface area (Å²) in [6.07, 6.45) is 3.45. The molecule has 0 bridgehead atoms. The van der Waals surface area contributed by atoms with Gasteiger partial charge in [0.15, 0.2) is 0 Å². The molecule has 11 N–H and O–H groups in total. The topological polar surface area (TPSA) is 223 Å². The Morgan fingerprint density at radius 2 is 1.28 bits per heavy atom. The van der Waals surface area contributed by atoms with E-state index < -0.39 is 47.9 Å². The maximum atomic E-state index is 13.4. The SMILES string of the molecule is CC(C)CC(NC(=O)C(CCCCN)NC(=O)C(Cc1ccc(O)cc1)NC(=O)C(N)CCCCN)C(=O)O. The van der Waals surface area contributed by atoms with Gasteiger partial charge in [-0.05, 0) is 75.2 Å². The van der Waals surface area contributed by atoms with Gasteiger partial charge >= 0.3 is 5.97 Å². The fraction of sp³-hybridized carbons (Fsp3) is 0.630. The van der Waals surface area contributed by atoms with Crippen LogP contribution in [0.5, 0.6) is 5.75 Å². The molecule has 0 saturated heterocycles. The van der Waals surface area contributed by atoms with Gasteiger partial charge in [-0.1, -0.05) is 32.4 Å². The molecule has 39 heavy (non-hydrogen) atoms. The van der Waals surface area contributed by atoms with E-state index >= 15 is 0 Å². The number of aliphatic carboxylic acids is 1. The summed E-state index contributed by atoms with van der Waals surface area (Å²) in [6.45, 7) is 4.57. The van der Waals surface area contributed by atoms with Crippen molar-refractivity contribution in [3.8, 4) is 5.75 Å². The van der Waals surface area contributed by atoms with Gasteiger partial charge in [0.05, 0.1) is 6.04 Å². The van der Waals surface area contributed by atoms with Crippen LogP contribution in [-0.2, 0) is 25.6 Å². The largest absolute Gasteiger partial charge is 0.508 e. The number of hydrogen-bond donors (Lipinski definition) is 8. The van der Waals surface area contributed by atoms with Crippen LogP contribution in [0.3, 0.4) is 0 Å². The number of aromatic hydroxyl groups is 1. The van der Waals surface area contributed by atoms with Crippen molar-refractivity contribution in [1.29, 1.82) is 0 Å². The first-order valence-corrected chi connectivity index (χ1v) is 13.6. The van der Waals surface area contributed by atoms with Gasteiger partial charge in [0.1, 0.15) is 23.9 Å². The van der Waals surface area contributed by atoms with E-state index in [9.17, 15) is 29.4 Å². The van der Waals surface area contributed by atoms with Gasteiger partial charge in [0.2, 0.25) is 17.7 Å². The average molecular weight is 551 g/mol. The van der Waals surface area contributed by atoms with Crippen LogP contribution in [0.25, 0.3) is 0 Å². The minimum absolute atomic E-state index is 0.0237. The molecule has 1 aromatic carbocycles. The molecule has 0 radical (unpaired) electrons. The molecule has 12 heteroatoms. The summed E-state index contributed by atoms with van der Waals surface area (Å²) in [6, 6.07) is 2.13. The monoisotopic (exact) mass is 550 g/mol. The molecular formula is C27H46N6O6. The van der Waals surface area contributed by atoms with Crippen LogP contribution in [0.15, 0.2) is 24.3 Å². The molecule has 4 unspecified atom stereocenters. The van der Waals surface area contributed by atoms with E-state index in [2.05, 4.69) is 16.0 Å². The number of unbranched alkanes of at least 4 members (excludes halogenated alkanes) is 2. The van der Waals surface area contributed by atoms with Crippen LogP contribution in [0.2, 0.25) is 0 Å². The lowest BCUT2D eigenvalue weighted by Crippen LogP contribution is -2.57. The Bertz CT molecular complexity index is 911. The highest BCUT2D eigenvalue weighted by molar-refractivity contribution is 5.94. The number of amides is 3. The molecule has 0 aliphatic heterocycles. The van der Waals surface area contributed by atoms with Crippen molar-refractivity contribution in [3.05, 3.63) is 29.8 Å². The molecule has 3 amide bonds. The summed E-state index contributed by atoms with van der Waals surface area (Å²) >= 11 is 0. The summed E-state index contributed by atoms with van der Waals surface area (Å²) < 4.78 is 0. The first kappa shape index (κ1) is 33.8. The van der Waals surface area contributed by atoms with Gasteiger partial charge in [-0.3, -0.25) is 14.4 Å². The highest BCUT2D eigenvalue weighted by Crippen LogP contribution is 2.13. The highest BCUT2D eigenvalue weighted by Gasteiger charge is 2.30. The Balaban J connectivity index is 3.11. The number of phenolic OH excluding ortho intramolecular Hbond substituents is 1. The predicted molar refractivity (Wildman–Crippen MR) is 148 cm³/mol. The number of benzene rings is 1. The third kappa shape index (κ3) is 13.4. The maximum absolute atomic E-state index is 13.4. The van der Waals surface area contributed by atoms with Gasteiger partial charge in [-0.25, -0.2) is 4.79 Å². The number of carboxylic acids is 1. The van der Waals surface area contributed by atoms with Gasteiger partial charge in [-0.15, -0.1) is 0 Å². The fourth-order valence-corrected chi connectivity index (χ4v) is 3.99. The van der Waals surface area contributed by atoms with E-state index in [0.29, 0.717) is 50.8 Å². The van der Waals surface area contributed by atoms with E-state index in [1.165, 1.54) is 12.1 Å². The fourth-order valence-electron chi connectivity index (χ4n) is 3.99. The van der Waals surface area contributed by atoms with Gasteiger partial charge in [0.25, 0.3) is 0 Å². The van der Waals surface area contributed by atoms with Crippen molar-refractivity contribution in [2.24, 2.45) is 23.1 Å². The molecule has 0 saturated carbocycles. The van der Waals surface area contributed by atoms with Crippen molar-refractivity contribution in [2.45, 2.75) is 89.4 Å². The number of nitrogens with one attached hydrogen (secondary N) is 3. The molecular weight excluding hydrogens is 504 g/mol. The normalized spacial score (nSPS) is 14.2. The van der Waals surface area contributed by atoms with Crippen LogP contribution in [0.4, 0.5) is 0 Å². The Hall–Kier alpha value is -3.22. The van der Waals surface area contributed by atoms with Gasteiger partial charge in [-0.2, -0.15) is 0 Å². The molecule has 1 aromatic rings. The number of carboxylic acid groups (broad SMARTS) is 1. The third-order valence-electron chi connectivity index (χ3n) is 6.22. The first-order valence-electron chi connectivity index (χ1n) is 13.6. The van der Waals surface area contributed by atoms with Crippen LogP contribution >= 0.6 is 0 Å².